The zero-order chi connectivity index (χ0) is 27.3. The highest BCUT2D eigenvalue weighted by Crippen LogP contribution is 2.53. The van der Waals surface area contributed by atoms with E-state index in [0.29, 0.717) is 21.3 Å². The first kappa shape index (κ1) is 25.8. The summed E-state index contributed by atoms with van der Waals surface area (Å²) in [6.07, 6.45) is 0. The fraction of sp³-hybridized carbons (Fsp3) is 0.172. The van der Waals surface area contributed by atoms with Crippen molar-refractivity contribution in [2.24, 2.45) is 5.92 Å². The van der Waals surface area contributed by atoms with E-state index in [0.717, 1.165) is 26.9 Å². The van der Waals surface area contributed by atoms with Crippen LogP contribution in [0, 0.1) is 12.8 Å². The summed E-state index contributed by atoms with van der Waals surface area (Å²) in [7, 11) is 0. The van der Waals surface area contributed by atoms with Crippen LogP contribution in [-0.2, 0) is 20.9 Å². The molecule has 0 bridgehead atoms. The number of hydrogen-bond donors (Lipinski definition) is 1. The summed E-state index contributed by atoms with van der Waals surface area (Å²) in [6, 6.07) is 24.0. The van der Waals surface area contributed by atoms with Crippen molar-refractivity contribution < 1.29 is 14.4 Å². The van der Waals surface area contributed by atoms with Gasteiger partial charge in [-0.1, -0.05) is 87.1 Å². The van der Waals surface area contributed by atoms with Crippen LogP contribution < -0.4 is 15.1 Å². The van der Waals surface area contributed by atoms with Gasteiger partial charge in [0.2, 0.25) is 17.7 Å². The van der Waals surface area contributed by atoms with E-state index in [1.54, 1.807) is 24.3 Å². The minimum atomic E-state index is -0.723. The molecule has 39 heavy (non-hydrogen) atoms. The van der Waals surface area contributed by atoms with E-state index >= 15 is 0 Å². The summed E-state index contributed by atoms with van der Waals surface area (Å²) >= 11 is 5.65. The van der Waals surface area contributed by atoms with Gasteiger partial charge in [-0.15, -0.1) is 0 Å². The number of amides is 3. The summed E-state index contributed by atoms with van der Waals surface area (Å²) in [5.74, 6) is -2.11. The molecule has 3 atom stereocenters. The Morgan fingerprint density at radius 2 is 1.62 bits per heavy atom. The van der Waals surface area contributed by atoms with Gasteiger partial charge in [0.15, 0.2) is 0 Å². The maximum atomic E-state index is 13.9. The van der Waals surface area contributed by atoms with Gasteiger partial charge >= 0.3 is 4.87 Å². The van der Waals surface area contributed by atoms with E-state index in [9.17, 15) is 19.2 Å². The lowest BCUT2D eigenvalue weighted by Gasteiger charge is -2.30. The third-order valence-electron chi connectivity index (χ3n) is 6.93. The van der Waals surface area contributed by atoms with Gasteiger partial charge in [-0.3, -0.25) is 23.7 Å². The van der Waals surface area contributed by atoms with E-state index < -0.39 is 17.1 Å². The Kier molecular flexibility index (Phi) is 6.78. The Bertz CT molecular complexity index is 1650. The summed E-state index contributed by atoms with van der Waals surface area (Å²) in [4.78, 5) is 55.4. The number of nitrogens with one attached hydrogen (secondary N) is 1. The Hall–Kier alpha value is -3.47. The number of nitrogens with zero attached hydrogens (tertiary/aromatic N) is 2. The average molecular weight is 621 g/mol. The van der Waals surface area contributed by atoms with Crippen LogP contribution in [0.3, 0.4) is 0 Å². The van der Waals surface area contributed by atoms with Crippen molar-refractivity contribution in [3.05, 3.63) is 109 Å². The molecule has 2 aliphatic rings. The summed E-state index contributed by atoms with van der Waals surface area (Å²) in [5.41, 5.74) is 3.07. The van der Waals surface area contributed by atoms with Crippen LogP contribution in [0.15, 0.2) is 93.2 Å². The van der Waals surface area contributed by atoms with Gasteiger partial charge in [0.05, 0.1) is 16.6 Å². The predicted octanol–water partition coefficient (Wildman–Crippen LogP) is 5.42. The highest BCUT2D eigenvalue weighted by molar-refractivity contribution is 9.10. The van der Waals surface area contributed by atoms with Crippen LogP contribution in [0.1, 0.15) is 21.9 Å². The summed E-state index contributed by atoms with van der Waals surface area (Å²) < 4.78 is 2.27. The topological polar surface area (TPSA) is 88.5 Å². The number of imide groups is 1. The molecule has 1 fully saturated rings. The number of anilines is 2. The fourth-order valence-corrected chi connectivity index (χ4v) is 8.14. The van der Waals surface area contributed by atoms with Crippen LogP contribution in [-0.4, -0.2) is 27.5 Å². The van der Waals surface area contributed by atoms with Crippen molar-refractivity contribution in [1.82, 2.24) is 4.57 Å². The third-order valence-corrected chi connectivity index (χ3v) is 10.1. The van der Waals surface area contributed by atoms with E-state index in [-0.39, 0.29) is 29.1 Å². The number of rotatable bonds is 5. The lowest BCUT2D eigenvalue weighted by Crippen LogP contribution is -2.33. The Morgan fingerprint density at radius 3 is 2.31 bits per heavy atom. The second kappa shape index (κ2) is 10.3. The maximum absolute atomic E-state index is 13.9. The molecule has 1 aromatic heterocycles. The van der Waals surface area contributed by atoms with Crippen molar-refractivity contribution in [3.63, 3.8) is 0 Å². The zero-order valence-electron chi connectivity index (χ0n) is 20.7. The van der Waals surface area contributed by atoms with Crippen molar-refractivity contribution in [2.75, 3.05) is 10.2 Å². The fourth-order valence-electron chi connectivity index (χ4n) is 5.10. The highest BCUT2D eigenvalue weighted by Gasteiger charge is 2.56. The molecule has 2 unspecified atom stereocenters. The minimum Gasteiger partial charge on any atom is -0.325 e. The van der Waals surface area contributed by atoms with Crippen LogP contribution in [0.5, 0.6) is 0 Å². The largest absolute Gasteiger partial charge is 0.325 e. The molecule has 0 spiro atoms. The van der Waals surface area contributed by atoms with Gasteiger partial charge in [-0.2, -0.15) is 0 Å². The first-order chi connectivity index (χ1) is 18.8. The second-order valence-corrected chi connectivity index (χ2v) is 12.5. The Labute approximate surface area is 241 Å². The lowest BCUT2D eigenvalue weighted by molar-refractivity contribution is -0.122. The monoisotopic (exact) mass is 619 g/mol. The molecule has 0 saturated carbocycles. The smallest absolute Gasteiger partial charge is 0.308 e. The molecular formula is C29H22BrN3O4S2. The van der Waals surface area contributed by atoms with Crippen molar-refractivity contribution >= 4 is 68.1 Å². The lowest BCUT2D eigenvalue weighted by atomic mass is 9.83. The molecule has 2 aliphatic heterocycles. The molecule has 3 amide bonds. The van der Waals surface area contributed by atoms with Crippen molar-refractivity contribution in [2.45, 2.75) is 29.7 Å². The third kappa shape index (κ3) is 4.66. The van der Waals surface area contributed by atoms with Crippen molar-refractivity contribution in [3.8, 4) is 0 Å². The maximum Gasteiger partial charge on any atom is 0.308 e. The van der Waals surface area contributed by atoms with Crippen LogP contribution >= 0.6 is 39.0 Å². The molecule has 3 aromatic carbocycles. The summed E-state index contributed by atoms with van der Waals surface area (Å²) in [5, 5.41) is 2.69. The van der Waals surface area contributed by atoms with Gasteiger partial charge in [-0.05, 0) is 48.9 Å². The van der Waals surface area contributed by atoms with Gasteiger partial charge in [0.25, 0.3) is 0 Å². The molecule has 6 rings (SSSR count). The molecule has 4 aromatic rings. The number of fused-ring (bicyclic) bond motifs is 2. The van der Waals surface area contributed by atoms with E-state index in [4.69, 9.17) is 0 Å². The number of hydrogen-bond acceptors (Lipinski definition) is 6. The molecular weight excluding hydrogens is 598 g/mol. The number of aryl methyl sites for hydroxylation is 1. The molecule has 0 aliphatic carbocycles. The standard InChI is InChI=1S/C29H22BrN3O4S2/c1-16-7-11-19(12-8-16)31-21(34)15-32-28-25(39-29(32)37)22(17-5-3-2-4-6-17)23-24(38-28)27(36)33(26(23)35)20-13-9-18(30)10-14-20/h2-14,22-24H,15H2,1H3,(H,31,34)/t22-,23?,24?/m0/s1. The predicted molar refractivity (Wildman–Crippen MR) is 156 cm³/mol. The molecule has 0 radical (unpaired) electrons. The van der Waals surface area contributed by atoms with E-state index in [1.807, 2.05) is 61.5 Å². The SMILES string of the molecule is Cc1ccc(NC(=O)Cn2c3c(sc2=O)[C@@H](c2ccccc2)C2C(=O)N(c4ccc(Br)cc4)C(=O)C2S3)cc1. The number of halogens is 1. The quantitative estimate of drug-likeness (QED) is 0.302. The highest BCUT2D eigenvalue weighted by atomic mass is 79.9. The average Bonchev–Trinajstić information content (AvgIpc) is 3.37. The van der Waals surface area contributed by atoms with Gasteiger partial charge in [-0.25, -0.2) is 4.90 Å². The number of aromatic nitrogens is 1. The zero-order valence-corrected chi connectivity index (χ0v) is 23.9. The van der Waals surface area contributed by atoms with Gasteiger partial charge in [0.1, 0.15) is 11.8 Å². The minimum absolute atomic E-state index is 0.191. The van der Waals surface area contributed by atoms with Gasteiger partial charge < -0.3 is 5.32 Å². The van der Waals surface area contributed by atoms with Crippen LogP contribution in [0.25, 0.3) is 0 Å². The first-order valence-corrected chi connectivity index (χ1v) is 14.8. The number of thiazole rings is 1. The van der Waals surface area contributed by atoms with E-state index in [2.05, 4.69) is 21.2 Å². The number of thioether (sulfide) groups is 1. The summed E-state index contributed by atoms with van der Waals surface area (Å²) in [6.45, 7) is 1.77. The normalized spacial score (nSPS) is 20.1. The second-order valence-electron chi connectivity index (χ2n) is 9.48. The van der Waals surface area contributed by atoms with Crippen LogP contribution in [0.4, 0.5) is 11.4 Å². The first-order valence-electron chi connectivity index (χ1n) is 12.3. The molecule has 10 heteroatoms. The molecule has 3 heterocycles. The molecule has 7 nitrogen and oxygen atoms in total. The Morgan fingerprint density at radius 1 is 0.923 bits per heavy atom. The Balaban J connectivity index is 1.39. The number of carbonyl (C=O) groups is 3. The molecule has 1 N–H and O–H groups in total. The van der Waals surface area contributed by atoms with E-state index in [1.165, 1.54) is 21.2 Å². The number of carbonyl (C=O) groups excluding carboxylic acids is 3. The van der Waals surface area contributed by atoms with Crippen LogP contribution in [0.2, 0.25) is 0 Å². The van der Waals surface area contributed by atoms with Gasteiger partial charge in [0, 0.05) is 21.0 Å². The molecule has 196 valence electrons. The molecule has 1 saturated heterocycles. The van der Waals surface area contributed by atoms with Crippen molar-refractivity contribution in [1.29, 1.82) is 0 Å². The number of benzene rings is 3.